The molecule has 50 heavy (non-hydrogen) atoms. The fourth-order valence-corrected chi connectivity index (χ4v) is 8.54. The lowest BCUT2D eigenvalue weighted by molar-refractivity contribution is 0.998. The Hall–Kier alpha value is -6.36. The molecule has 0 saturated carbocycles. The Bertz CT molecular complexity index is 2780. The minimum Gasteiger partial charge on any atom is -0.277 e. The van der Waals surface area contributed by atoms with Crippen molar-refractivity contribution in [2.75, 3.05) is 0 Å². The molecular formula is C46H29N3S. The van der Waals surface area contributed by atoms with Crippen molar-refractivity contribution in [1.29, 1.82) is 0 Å². The molecule has 0 fully saturated rings. The van der Waals surface area contributed by atoms with Gasteiger partial charge in [0.2, 0.25) is 5.95 Å². The smallest absolute Gasteiger partial charge is 0.235 e. The summed E-state index contributed by atoms with van der Waals surface area (Å²) in [5.74, 6) is 0.656. The van der Waals surface area contributed by atoms with E-state index in [0.717, 1.165) is 33.5 Å². The fourth-order valence-electron chi connectivity index (χ4n) is 7.30. The highest BCUT2D eigenvalue weighted by Crippen LogP contribution is 2.46. The Labute approximate surface area is 293 Å². The van der Waals surface area contributed by atoms with Gasteiger partial charge in [-0.15, -0.1) is 11.3 Å². The predicted molar refractivity (Wildman–Crippen MR) is 211 cm³/mol. The molecule has 7 aromatic carbocycles. The number of thiophene rings is 1. The van der Waals surface area contributed by atoms with Crippen molar-refractivity contribution in [2.24, 2.45) is 0 Å². The summed E-state index contributed by atoms with van der Waals surface area (Å²) >= 11 is 1.86. The van der Waals surface area contributed by atoms with E-state index in [1.807, 2.05) is 23.5 Å². The molecule has 234 valence electrons. The largest absolute Gasteiger partial charge is 0.277 e. The first-order valence-electron chi connectivity index (χ1n) is 16.8. The van der Waals surface area contributed by atoms with Crippen molar-refractivity contribution >= 4 is 53.3 Å². The summed E-state index contributed by atoms with van der Waals surface area (Å²) in [4.78, 5) is 10.7. The topological polar surface area (TPSA) is 30.7 Å². The van der Waals surface area contributed by atoms with Crippen molar-refractivity contribution in [3.63, 3.8) is 0 Å². The van der Waals surface area contributed by atoms with Crippen LogP contribution in [0, 0.1) is 0 Å². The van der Waals surface area contributed by atoms with E-state index in [2.05, 4.69) is 168 Å². The van der Waals surface area contributed by atoms with Gasteiger partial charge in [0, 0.05) is 42.1 Å². The maximum absolute atomic E-state index is 5.34. The van der Waals surface area contributed by atoms with Crippen molar-refractivity contribution in [1.82, 2.24) is 14.5 Å². The number of nitrogens with zero attached hydrogens (tertiary/aromatic N) is 3. The second-order valence-electron chi connectivity index (χ2n) is 12.6. The summed E-state index contributed by atoms with van der Waals surface area (Å²) in [5.41, 5.74) is 10.9. The molecule has 0 unspecified atom stereocenters. The van der Waals surface area contributed by atoms with E-state index >= 15 is 0 Å². The second kappa shape index (κ2) is 11.7. The van der Waals surface area contributed by atoms with Crippen LogP contribution in [0.4, 0.5) is 0 Å². The molecule has 0 aliphatic heterocycles. The molecule has 0 N–H and O–H groups in total. The maximum Gasteiger partial charge on any atom is 0.235 e. The summed E-state index contributed by atoms with van der Waals surface area (Å²) < 4.78 is 4.83. The van der Waals surface area contributed by atoms with E-state index in [0.29, 0.717) is 5.95 Å². The normalized spacial score (nSPS) is 11.6. The van der Waals surface area contributed by atoms with Crippen LogP contribution in [0.5, 0.6) is 0 Å². The SMILES string of the molecule is c1ccc(-c2ccc3c(c2)c2ccc4sc5c(-c6ccccc6)cccc5c4c2n3-c2nc(-c3ccccc3)cc(-c3ccccc3)n2)cc1. The van der Waals surface area contributed by atoms with E-state index in [1.54, 1.807) is 0 Å². The van der Waals surface area contributed by atoms with Crippen LogP contribution >= 0.6 is 11.3 Å². The first-order chi connectivity index (χ1) is 24.8. The van der Waals surface area contributed by atoms with Gasteiger partial charge in [-0.2, -0.15) is 0 Å². The van der Waals surface area contributed by atoms with E-state index in [9.17, 15) is 0 Å². The van der Waals surface area contributed by atoms with Crippen LogP contribution in [0.15, 0.2) is 176 Å². The van der Waals surface area contributed by atoms with Gasteiger partial charge in [0.15, 0.2) is 0 Å². The zero-order chi connectivity index (χ0) is 33.0. The molecule has 0 atom stereocenters. The van der Waals surface area contributed by atoms with Crippen LogP contribution in [0.3, 0.4) is 0 Å². The highest BCUT2D eigenvalue weighted by Gasteiger charge is 2.22. The zero-order valence-corrected chi connectivity index (χ0v) is 27.8. The van der Waals surface area contributed by atoms with Crippen LogP contribution in [0.25, 0.3) is 92.7 Å². The minimum absolute atomic E-state index is 0.656. The molecule has 0 spiro atoms. The van der Waals surface area contributed by atoms with Gasteiger partial charge in [-0.25, -0.2) is 9.97 Å². The van der Waals surface area contributed by atoms with Crippen LogP contribution in [-0.4, -0.2) is 14.5 Å². The van der Waals surface area contributed by atoms with E-state index in [-0.39, 0.29) is 0 Å². The molecule has 0 aliphatic carbocycles. The monoisotopic (exact) mass is 655 g/mol. The first kappa shape index (κ1) is 28.6. The van der Waals surface area contributed by atoms with E-state index < -0.39 is 0 Å². The van der Waals surface area contributed by atoms with Gasteiger partial charge in [-0.05, 0) is 46.5 Å². The van der Waals surface area contributed by atoms with Crippen molar-refractivity contribution in [3.8, 4) is 50.7 Å². The highest BCUT2D eigenvalue weighted by molar-refractivity contribution is 7.26. The lowest BCUT2D eigenvalue weighted by Crippen LogP contribution is -2.04. The average Bonchev–Trinajstić information content (AvgIpc) is 3.74. The molecule has 10 aromatic rings. The lowest BCUT2D eigenvalue weighted by atomic mass is 10.0. The van der Waals surface area contributed by atoms with Crippen molar-refractivity contribution in [3.05, 3.63) is 176 Å². The molecule has 0 radical (unpaired) electrons. The average molecular weight is 656 g/mol. The van der Waals surface area contributed by atoms with Gasteiger partial charge in [-0.3, -0.25) is 4.57 Å². The van der Waals surface area contributed by atoms with Gasteiger partial charge >= 0.3 is 0 Å². The Morgan fingerprint density at radius 2 is 1.02 bits per heavy atom. The number of fused-ring (bicyclic) bond motifs is 7. The molecule has 0 bridgehead atoms. The Morgan fingerprint density at radius 1 is 0.420 bits per heavy atom. The molecule has 0 amide bonds. The van der Waals surface area contributed by atoms with E-state index in [1.165, 1.54) is 53.2 Å². The Balaban J connectivity index is 1.34. The molecule has 3 heterocycles. The zero-order valence-electron chi connectivity index (χ0n) is 27.0. The molecule has 4 heteroatoms. The fraction of sp³-hybridized carbons (Fsp3) is 0. The molecular weight excluding hydrogens is 627 g/mol. The third-order valence-electron chi connectivity index (χ3n) is 9.63. The van der Waals surface area contributed by atoms with Gasteiger partial charge in [0.25, 0.3) is 0 Å². The summed E-state index contributed by atoms with van der Waals surface area (Å²) in [6, 6.07) is 62.4. The molecule has 3 nitrogen and oxygen atoms in total. The van der Waals surface area contributed by atoms with Gasteiger partial charge < -0.3 is 0 Å². The second-order valence-corrected chi connectivity index (χ2v) is 13.6. The van der Waals surface area contributed by atoms with Gasteiger partial charge in [0.1, 0.15) is 0 Å². The molecule has 0 aliphatic rings. The molecule has 10 rings (SSSR count). The summed E-state index contributed by atoms with van der Waals surface area (Å²) in [5, 5.41) is 4.83. The number of rotatable bonds is 5. The number of hydrogen-bond acceptors (Lipinski definition) is 3. The van der Waals surface area contributed by atoms with Gasteiger partial charge in [0.05, 0.1) is 22.4 Å². The van der Waals surface area contributed by atoms with Crippen molar-refractivity contribution < 1.29 is 0 Å². The Morgan fingerprint density at radius 3 is 1.66 bits per heavy atom. The van der Waals surface area contributed by atoms with Crippen LogP contribution < -0.4 is 0 Å². The van der Waals surface area contributed by atoms with Gasteiger partial charge in [-0.1, -0.05) is 152 Å². The third-order valence-corrected chi connectivity index (χ3v) is 10.8. The first-order valence-corrected chi connectivity index (χ1v) is 17.7. The summed E-state index contributed by atoms with van der Waals surface area (Å²) in [6.07, 6.45) is 0. The van der Waals surface area contributed by atoms with E-state index in [4.69, 9.17) is 9.97 Å². The predicted octanol–water partition coefficient (Wildman–Crippen LogP) is 12.6. The summed E-state index contributed by atoms with van der Waals surface area (Å²) in [6.45, 7) is 0. The molecule has 3 aromatic heterocycles. The quantitative estimate of drug-likeness (QED) is 0.185. The standard InChI is InChI=1S/C46H29N3S/c1-5-14-30(15-6-1)34-24-26-41-38(28-34)36-25-27-42-43(37-23-13-22-35(45(37)50-42)31-16-7-2-8-17-31)44(36)49(41)46-47-39(32-18-9-3-10-19-32)29-40(48-46)33-20-11-4-12-21-33/h1-29H. The lowest BCUT2D eigenvalue weighted by Gasteiger charge is -2.12. The van der Waals surface area contributed by atoms with Crippen LogP contribution in [0.2, 0.25) is 0 Å². The number of aromatic nitrogens is 3. The van der Waals surface area contributed by atoms with Crippen LogP contribution in [0.1, 0.15) is 0 Å². The number of hydrogen-bond donors (Lipinski definition) is 0. The van der Waals surface area contributed by atoms with Crippen LogP contribution in [-0.2, 0) is 0 Å². The third kappa shape index (κ3) is 4.65. The Kier molecular flexibility index (Phi) is 6.68. The summed E-state index contributed by atoms with van der Waals surface area (Å²) in [7, 11) is 0. The highest BCUT2D eigenvalue weighted by atomic mass is 32.1. The maximum atomic E-state index is 5.34. The molecule has 0 saturated heterocycles. The number of benzene rings is 7. The minimum atomic E-state index is 0.656. The van der Waals surface area contributed by atoms with Crippen molar-refractivity contribution in [2.45, 2.75) is 0 Å².